The molecule has 0 N–H and O–H groups in total. The molecule has 0 atom stereocenters. The van der Waals surface area contributed by atoms with Crippen LogP contribution in [-0.4, -0.2) is 17.0 Å². The molecule has 3 rings (SSSR count). The zero-order valence-corrected chi connectivity index (χ0v) is 12.2. The Morgan fingerprint density at radius 3 is 2.70 bits per heavy atom. The number of halogens is 2. The van der Waals surface area contributed by atoms with Gasteiger partial charge in [-0.2, -0.15) is 0 Å². The lowest BCUT2D eigenvalue weighted by Gasteiger charge is -2.18. The van der Waals surface area contributed by atoms with Crippen LogP contribution in [0.5, 0.6) is 0 Å². The fraction of sp³-hybridized carbons (Fsp3) is 0.143. The molecule has 102 valence electrons. The second-order valence-electron chi connectivity index (χ2n) is 4.40. The Labute approximate surface area is 124 Å². The van der Waals surface area contributed by atoms with Gasteiger partial charge in [-0.05, 0) is 35.7 Å². The predicted molar refractivity (Wildman–Crippen MR) is 80.9 cm³/mol. The summed E-state index contributed by atoms with van der Waals surface area (Å²) in [6, 6.07) is 8.22. The first-order valence-corrected chi connectivity index (χ1v) is 7.25. The van der Waals surface area contributed by atoms with Crippen molar-refractivity contribution >= 4 is 38.8 Å². The fourth-order valence-corrected chi connectivity index (χ4v) is 3.02. The van der Waals surface area contributed by atoms with Crippen LogP contribution in [0.3, 0.4) is 0 Å². The molecule has 0 aliphatic rings. The van der Waals surface area contributed by atoms with Crippen LogP contribution < -0.4 is 4.90 Å². The first kappa shape index (κ1) is 13.3. The summed E-state index contributed by atoms with van der Waals surface area (Å²) in [5.74, 6) is 0.401. The summed E-state index contributed by atoms with van der Waals surface area (Å²) in [5, 5.41) is 3.29. The molecular weight excluding hydrogens is 297 g/mol. The van der Waals surface area contributed by atoms with E-state index >= 15 is 0 Å². The zero-order chi connectivity index (χ0) is 14.1. The molecule has 0 saturated heterocycles. The fourth-order valence-electron chi connectivity index (χ4n) is 1.93. The zero-order valence-electron chi connectivity index (χ0n) is 10.7. The van der Waals surface area contributed by atoms with Gasteiger partial charge in [-0.1, -0.05) is 11.6 Å². The van der Waals surface area contributed by atoms with Crippen LogP contribution in [0.2, 0.25) is 5.15 Å². The van der Waals surface area contributed by atoms with E-state index in [2.05, 4.69) is 9.97 Å². The SMILES string of the molecule is CN(Cc1nc(Cl)c2ccsc2n1)c1ccc(F)cc1. The van der Waals surface area contributed by atoms with Crippen LogP contribution in [0.4, 0.5) is 10.1 Å². The van der Waals surface area contributed by atoms with Crippen molar-refractivity contribution in [2.24, 2.45) is 0 Å². The van der Waals surface area contributed by atoms with Crippen molar-refractivity contribution in [1.29, 1.82) is 0 Å². The summed E-state index contributed by atoms with van der Waals surface area (Å²) in [4.78, 5) is 11.6. The van der Waals surface area contributed by atoms with Gasteiger partial charge in [0, 0.05) is 18.1 Å². The van der Waals surface area contributed by atoms with Crippen molar-refractivity contribution in [1.82, 2.24) is 9.97 Å². The average molecular weight is 308 g/mol. The maximum Gasteiger partial charge on any atom is 0.151 e. The Kier molecular flexibility index (Phi) is 3.54. The van der Waals surface area contributed by atoms with Gasteiger partial charge in [0.05, 0.1) is 6.54 Å². The third kappa shape index (κ3) is 2.59. The molecule has 0 aliphatic carbocycles. The van der Waals surface area contributed by atoms with E-state index in [0.717, 1.165) is 15.9 Å². The Balaban J connectivity index is 1.86. The minimum atomic E-state index is -0.249. The van der Waals surface area contributed by atoms with Crippen molar-refractivity contribution in [3.8, 4) is 0 Å². The summed E-state index contributed by atoms with van der Waals surface area (Å²) in [7, 11) is 1.91. The topological polar surface area (TPSA) is 29.0 Å². The van der Waals surface area contributed by atoms with E-state index in [1.807, 2.05) is 23.4 Å². The molecule has 6 heteroatoms. The Bertz CT molecular complexity index is 742. The maximum atomic E-state index is 12.9. The molecule has 0 fully saturated rings. The highest BCUT2D eigenvalue weighted by Crippen LogP contribution is 2.25. The van der Waals surface area contributed by atoms with Gasteiger partial charge >= 0.3 is 0 Å². The van der Waals surface area contributed by atoms with E-state index in [9.17, 15) is 4.39 Å². The van der Waals surface area contributed by atoms with Gasteiger partial charge < -0.3 is 4.90 Å². The van der Waals surface area contributed by atoms with Gasteiger partial charge in [0.2, 0.25) is 0 Å². The Hall–Kier alpha value is -1.72. The summed E-state index contributed by atoms with van der Waals surface area (Å²) in [6.45, 7) is 0.513. The van der Waals surface area contributed by atoms with Crippen molar-refractivity contribution in [3.63, 3.8) is 0 Å². The van der Waals surface area contributed by atoms with Gasteiger partial charge in [-0.15, -0.1) is 11.3 Å². The van der Waals surface area contributed by atoms with E-state index in [1.165, 1.54) is 23.5 Å². The smallest absolute Gasteiger partial charge is 0.151 e. The van der Waals surface area contributed by atoms with Crippen molar-refractivity contribution in [2.75, 3.05) is 11.9 Å². The first-order valence-electron chi connectivity index (χ1n) is 6.00. The van der Waals surface area contributed by atoms with Gasteiger partial charge in [-0.25, -0.2) is 14.4 Å². The summed E-state index contributed by atoms with van der Waals surface area (Å²) >= 11 is 7.68. The number of rotatable bonds is 3. The molecule has 0 unspecified atom stereocenters. The van der Waals surface area contributed by atoms with E-state index in [4.69, 9.17) is 11.6 Å². The van der Waals surface area contributed by atoms with Crippen molar-refractivity contribution < 1.29 is 4.39 Å². The molecule has 0 amide bonds. The van der Waals surface area contributed by atoms with Crippen LogP contribution in [-0.2, 0) is 6.54 Å². The molecule has 0 bridgehead atoms. The summed E-state index contributed by atoms with van der Waals surface area (Å²) in [6.07, 6.45) is 0. The molecule has 0 radical (unpaired) electrons. The third-order valence-electron chi connectivity index (χ3n) is 2.97. The Morgan fingerprint density at radius 2 is 1.95 bits per heavy atom. The number of benzene rings is 1. The number of hydrogen-bond donors (Lipinski definition) is 0. The van der Waals surface area contributed by atoms with E-state index in [0.29, 0.717) is 17.5 Å². The molecular formula is C14H11ClFN3S. The molecule has 20 heavy (non-hydrogen) atoms. The summed E-state index contributed by atoms with van der Waals surface area (Å²) in [5.41, 5.74) is 0.900. The standard InChI is InChI=1S/C14H11ClFN3S/c1-19(10-4-2-9(16)3-5-10)8-12-17-13(15)11-6-7-20-14(11)18-12/h2-7H,8H2,1H3. The molecule has 3 nitrogen and oxygen atoms in total. The molecule has 2 aromatic heterocycles. The van der Waals surface area contributed by atoms with Gasteiger partial charge in [-0.3, -0.25) is 0 Å². The van der Waals surface area contributed by atoms with Crippen molar-refractivity contribution in [2.45, 2.75) is 6.54 Å². The number of hydrogen-bond acceptors (Lipinski definition) is 4. The third-order valence-corrected chi connectivity index (χ3v) is 4.07. The average Bonchev–Trinajstić information content (AvgIpc) is 2.88. The van der Waals surface area contributed by atoms with Crippen molar-refractivity contribution in [3.05, 3.63) is 52.5 Å². The first-order chi connectivity index (χ1) is 9.63. The number of anilines is 1. The van der Waals surface area contributed by atoms with Crippen LogP contribution in [0, 0.1) is 5.82 Å². The minimum Gasteiger partial charge on any atom is -0.367 e. The molecule has 0 spiro atoms. The Morgan fingerprint density at radius 1 is 1.20 bits per heavy atom. The lowest BCUT2D eigenvalue weighted by molar-refractivity contribution is 0.627. The molecule has 3 aromatic rings. The second kappa shape index (κ2) is 5.34. The van der Waals surface area contributed by atoms with Crippen LogP contribution in [0.25, 0.3) is 10.2 Å². The maximum absolute atomic E-state index is 12.9. The molecule has 1 aromatic carbocycles. The van der Waals surface area contributed by atoms with Crippen LogP contribution in [0.1, 0.15) is 5.82 Å². The predicted octanol–water partition coefficient (Wildman–Crippen LogP) is 4.12. The summed E-state index contributed by atoms with van der Waals surface area (Å²) < 4.78 is 12.9. The van der Waals surface area contributed by atoms with Gasteiger partial charge in [0.25, 0.3) is 0 Å². The molecule has 0 saturated carbocycles. The highest BCUT2D eigenvalue weighted by atomic mass is 35.5. The highest BCUT2D eigenvalue weighted by molar-refractivity contribution is 7.16. The second-order valence-corrected chi connectivity index (χ2v) is 5.66. The monoisotopic (exact) mass is 307 g/mol. The number of fused-ring (bicyclic) bond motifs is 1. The highest BCUT2D eigenvalue weighted by Gasteiger charge is 2.09. The number of aromatic nitrogens is 2. The quantitative estimate of drug-likeness (QED) is 0.682. The van der Waals surface area contributed by atoms with E-state index in [-0.39, 0.29) is 5.82 Å². The van der Waals surface area contributed by atoms with Crippen LogP contribution >= 0.6 is 22.9 Å². The largest absolute Gasteiger partial charge is 0.367 e. The van der Waals surface area contributed by atoms with Crippen LogP contribution in [0.15, 0.2) is 35.7 Å². The van der Waals surface area contributed by atoms with E-state index < -0.39 is 0 Å². The number of thiophene rings is 1. The van der Waals surface area contributed by atoms with Gasteiger partial charge in [0.15, 0.2) is 5.82 Å². The lowest BCUT2D eigenvalue weighted by Crippen LogP contribution is -2.18. The number of nitrogens with zero attached hydrogens (tertiary/aromatic N) is 3. The van der Waals surface area contributed by atoms with Gasteiger partial charge in [0.1, 0.15) is 15.8 Å². The molecule has 0 aliphatic heterocycles. The van der Waals surface area contributed by atoms with E-state index in [1.54, 1.807) is 12.1 Å². The minimum absolute atomic E-state index is 0.249. The lowest BCUT2D eigenvalue weighted by atomic mass is 10.3. The normalized spacial score (nSPS) is 10.9. The molecule has 2 heterocycles.